The Hall–Kier alpha value is -1.52. The van der Waals surface area contributed by atoms with E-state index in [1.165, 1.54) is 19.2 Å². The van der Waals surface area contributed by atoms with Crippen LogP contribution in [0.3, 0.4) is 0 Å². The highest BCUT2D eigenvalue weighted by molar-refractivity contribution is 6.01. The third-order valence-corrected chi connectivity index (χ3v) is 2.54. The molecule has 0 heterocycles. The summed E-state index contributed by atoms with van der Waals surface area (Å²) in [7, 11) is 1.42. The summed E-state index contributed by atoms with van der Waals surface area (Å²) >= 11 is 0. The van der Waals surface area contributed by atoms with Gasteiger partial charge in [-0.05, 0) is 29.2 Å². The highest BCUT2D eigenvalue weighted by atomic mass is 19.4. The second kappa shape index (κ2) is 4.63. The third-order valence-electron chi connectivity index (χ3n) is 2.54. The first-order chi connectivity index (χ1) is 8.07. The molecule has 0 unspecified atom stereocenters. The molecule has 100 valence electrons. The molecule has 0 aromatic heterocycles. The maximum absolute atomic E-state index is 12.5. The van der Waals surface area contributed by atoms with E-state index in [0.717, 1.165) is 6.07 Å². The van der Waals surface area contributed by atoms with Gasteiger partial charge in [0.2, 0.25) is 0 Å². The highest BCUT2D eigenvalue weighted by Crippen LogP contribution is 2.33. The molecule has 0 aliphatic rings. The molecule has 2 nitrogen and oxygen atoms in total. The van der Waals surface area contributed by atoms with E-state index in [1.807, 2.05) is 0 Å². The quantitative estimate of drug-likeness (QED) is 0.757. The number of halogens is 3. The number of alkyl halides is 3. The molecule has 5 heteroatoms. The summed E-state index contributed by atoms with van der Waals surface area (Å²) in [5.74, 6) is -1.39. The Labute approximate surface area is 104 Å². The van der Waals surface area contributed by atoms with E-state index in [4.69, 9.17) is 4.74 Å². The number of ketones is 1. The molecule has 1 aromatic carbocycles. The second-order valence-electron chi connectivity index (χ2n) is 4.99. The normalized spacial score (nSPS) is 12.4. The smallest absolute Gasteiger partial charge is 0.454 e. The van der Waals surface area contributed by atoms with Crippen molar-refractivity contribution in [3.8, 4) is 5.75 Å². The standard InChI is InChI=1S/C13H15F3O2/c1-12(2,3)10-7-8(18-4)5-6-9(10)11(17)13(14,15)16/h5-7H,1-4H3. The van der Waals surface area contributed by atoms with Crippen molar-refractivity contribution in [2.75, 3.05) is 7.11 Å². The molecule has 0 aliphatic heterocycles. The van der Waals surface area contributed by atoms with Crippen LogP contribution in [-0.2, 0) is 5.41 Å². The predicted molar refractivity (Wildman–Crippen MR) is 62.1 cm³/mol. The van der Waals surface area contributed by atoms with E-state index < -0.39 is 17.4 Å². The van der Waals surface area contributed by atoms with Gasteiger partial charge in [-0.2, -0.15) is 13.2 Å². The van der Waals surface area contributed by atoms with Crippen LogP contribution in [-0.4, -0.2) is 19.1 Å². The first-order valence-electron chi connectivity index (χ1n) is 5.37. The van der Waals surface area contributed by atoms with Crippen molar-refractivity contribution in [1.82, 2.24) is 0 Å². The fourth-order valence-corrected chi connectivity index (χ4v) is 1.62. The summed E-state index contributed by atoms with van der Waals surface area (Å²) in [6, 6.07) is 3.99. The van der Waals surface area contributed by atoms with Gasteiger partial charge >= 0.3 is 6.18 Å². The third kappa shape index (κ3) is 3.03. The number of carbonyl (C=O) groups excluding carboxylic acids is 1. The van der Waals surface area contributed by atoms with Crippen LogP contribution in [0.1, 0.15) is 36.7 Å². The van der Waals surface area contributed by atoms with Crippen LogP contribution in [0.25, 0.3) is 0 Å². The Morgan fingerprint density at radius 2 is 1.72 bits per heavy atom. The van der Waals surface area contributed by atoms with Gasteiger partial charge < -0.3 is 4.74 Å². The number of ether oxygens (including phenoxy) is 1. The summed E-state index contributed by atoms with van der Waals surface area (Å²) in [5.41, 5.74) is -0.579. The number of carbonyl (C=O) groups is 1. The molecule has 18 heavy (non-hydrogen) atoms. The lowest BCUT2D eigenvalue weighted by Crippen LogP contribution is -2.27. The second-order valence-corrected chi connectivity index (χ2v) is 4.99. The molecule has 1 aromatic rings. The van der Waals surface area contributed by atoms with Crippen molar-refractivity contribution in [1.29, 1.82) is 0 Å². The molecule has 0 fully saturated rings. The molecule has 0 spiro atoms. The zero-order chi connectivity index (χ0) is 14.1. The van der Waals surface area contributed by atoms with Crippen molar-refractivity contribution in [2.24, 2.45) is 0 Å². The largest absolute Gasteiger partial charge is 0.497 e. The number of benzene rings is 1. The minimum Gasteiger partial charge on any atom is -0.497 e. The lowest BCUT2D eigenvalue weighted by Gasteiger charge is -2.23. The lowest BCUT2D eigenvalue weighted by molar-refractivity contribution is -0.0886. The molecular formula is C13H15F3O2. The average Bonchev–Trinajstić information content (AvgIpc) is 2.24. The summed E-state index contributed by atoms with van der Waals surface area (Å²) < 4.78 is 42.5. The highest BCUT2D eigenvalue weighted by Gasteiger charge is 2.41. The average molecular weight is 260 g/mol. The van der Waals surface area contributed by atoms with Gasteiger partial charge in [-0.15, -0.1) is 0 Å². The van der Waals surface area contributed by atoms with Gasteiger partial charge in [-0.25, -0.2) is 0 Å². The van der Waals surface area contributed by atoms with E-state index in [0.29, 0.717) is 11.3 Å². The SMILES string of the molecule is COc1ccc(C(=O)C(F)(F)F)c(C(C)(C)C)c1. The lowest BCUT2D eigenvalue weighted by atomic mass is 9.82. The van der Waals surface area contributed by atoms with E-state index in [2.05, 4.69) is 0 Å². The van der Waals surface area contributed by atoms with Gasteiger partial charge in [-0.1, -0.05) is 20.8 Å². The molecule has 0 radical (unpaired) electrons. The van der Waals surface area contributed by atoms with Crippen molar-refractivity contribution in [3.63, 3.8) is 0 Å². The van der Waals surface area contributed by atoms with Gasteiger partial charge in [0.05, 0.1) is 7.11 Å². The van der Waals surface area contributed by atoms with Crippen LogP contribution in [0.2, 0.25) is 0 Å². The Kier molecular flexibility index (Phi) is 3.74. The molecule has 0 aliphatic carbocycles. The fraction of sp³-hybridized carbons (Fsp3) is 0.462. The van der Waals surface area contributed by atoms with Crippen molar-refractivity contribution < 1.29 is 22.7 Å². The summed E-state index contributed by atoms with van der Waals surface area (Å²) in [6.45, 7) is 5.23. The zero-order valence-electron chi connectivity index (χ0n) is 10.7. The number of hydrogen-bond donors (Lipinski definition) is 0. The molecule has 0 atom stereocenters. The van der Waals surface area contributed by atoms with E-state index in [9.17, 15) is 18.0 Å². The minimum atomic E-state index is -4.87. The first-order valence-corrected chi connectivity index (χ1v) is 5.37. The number of rotatable bonds is 2. The molecule has 0 bridgehead atoms. The predicted octanol–water partition coefficient (Wildman–Crippen LogP) is 3.74. The van der Waals surface area contributed by atoms with Crippen LogP contribution in [0.5, 0.6) is 5.75 Å². The molecular weight excluding hydrogens is 245 g/mol. The van der Waals surface area contributed by atoms with Crippen LogP contribution >= 0.6 is 0 Å². The molecule has 0 amide bonds. The maximum Gasteiger partial charge on any atom is 0.454 e. The van der Waals surface area contributed by atoms with Gasteiger partial charge in [0, 0.05) is 5.56 Å². The molecule has 0 saturated carbocycles. The van der Waals surface area contributed by atoms with Gasteiger partial charge in [0.1, 0.15) is 5.75 Å². The summed E-state index contributed by atoms with van der Waals surface area (Å²) in [4.78, 5) is 11.4. The molecule has 0 N–H and O–H groups in total. The zero-order valence-corrected chi connectivity index (χ0v) is 10.7. The summed E-state index contributed by atoms with van der Waals surface area (Å²) in [6.07, 6.45) is -4.87. The van der Waals surface area contributed by atoms with Crippen LogP contribution in [0.4, 0.5) is 13.2 Å². The van der Waals surface area contributed by atoms with E-state index in [1.54, 1.807) is 20.8 Å². The van der Waals surface area contributed by atoms with Crippen molar-refractivity contribution in [3.05, 3.63) is 29.3 Å². The fourth-order valence-electron chi connectivity index (χ4n) is 1.62. The molecule has 1 rings (SSSR count). The Morgan fingerprint density at radius 3 is 2.11 bits per heavy atom. The van der Waals surface area contributed by atoms with Crippen molar-refractivity contribution >= 4 is 5.78 Å². The Balaban J connectivity index is 3.41. The van der Waals surface area contributed by atoms with Crippen LogP contribution in [0, 0.1) is 0 Å². The first kappa shape index (κ1) is 14.5. The molecule has 0 saturated heterocycles. The monoisotopic (exact) mass is 260 g/mol. The van der Waals surface area contributed by atoms with Crippen molar-refractivity contribution in [2.45, 2.75) is 32.4 Å². The maximum atomic E-state index is 12.5. The number of methoxy groups -OCH3 is 1. The summed E-state index contributed by atoms with van der Waals surface area (Å²) in [5, 5.41) is 0. The van der Waals surface area contributed by atoms with Crippen LogP contribution < -0.4 is 4.74 Å². The number of hydrogen-bond acceptors (Lipinski definition) is 2. The number of Topliss-reactive ketones (excluding diaryl/α,β-unsaturated/α-hetero) is 1. The van der Waals surface area contributed by atoms with Gasteiger partial charge in [-0.3, -0.25) is 4.79 Å². The topological polar surface area (TPSA) is 26.3 Å². The van der Waals surface area contributed by atoms with Gasteiger partial charge in [0.25, 0.3) is 5.78 Å². The van der Waals surface area contributed by atoms with Crippen LogP contribution in [0.15, 0.2) is 18.2 Å². The minimum absolute atomic E-state index is 0.323. The van der Waals surface area contributed by atoms with E-state index >= 15 is 0 Å². The Bertz CT molecular complexity index is 456. The van der Waals surface area contributed by atoms with Gasteiger partial charge in [0.15, 0.2) is 0 Å². The van der Waals surface area contributed by atoms with E-state index in [-0.39, 0.29) is 5.56 Å². The Morgan fingerprint density at radius 1 is 1.17 bits per heavy atom.